The maximum Gasteiger partial charge on any atom is 0.242 e. The number of hydrogen-bond acceptors (Lipinski definition) is 8. The Hall–Kier alpha value is -6.73. The van der Waals surface area contributed by atoms with E-state index in [1.54, 1.807) is 49.1 Å². The first-order valence-corrected chi connectivity index (χ1v) is 18.2. The van der Waals surface area contributed by atoms with Crippen LogP contribution in [0.15, 0.2) is 140 Å². The molecule has 288 valence electrons. The highest BCUT2D eigenvalue weighted by molar-refractivity contribution is 5.91. The number of carbonyl (C=O) groups is 5. The van der Waals surface area contributed by atoms with Crippen LogP contribution >= 0.6 is 0 Å². The van der Waals surface area contributed by atoms with Crippen molar-refractivity contribution in [3.8, 4) is 0 Å². The molecule has 0 unspecified atom stereocenters. The summed E-state index contributed by atoms with van der Waals surface area (Å²) in [5.74, 6) is -2.44. The van der Waals surface area contributed by atoms with Gasteiger partial charge in [0.1, 0.15) is 19.6 Å². The molecule has 3 aromatic carbocycles. The van der Waals surface area contributed by atoms with Gasteiger partial charge >= 0.3 is 0 Å². The van der Waals surface area contributed by atoms with Crippen LogP contribution in [-0.4, -0.2) is 91.8 Å². The third-order valence-corrected chi connectivity index (χ3v) is 8.86. The zero-order chi connectivity index (χ0) is 39.5. The number of primary amides is 1. The maximum absolute atomic E-state index is 14.3. The Balaban J connectivity index is 1.37. The van der Waals surface area contributed by atoms with Gasteiger partial charge < -0.3 is 30.7 Å². The predicted molar refractivity (Wildman–Crippen MR) is 210 cm³/mol. The van der Waals surface area contributed by atoms with Crippen molar-refractivity contribution < 1.29 is 24.0 Å². The first-order valence-electron chi connectivity index (χ1n) is 18.2. The minimum absolute atomic E-state index is 0.0164. The van der Waals surface area contributed by atoms with Crippen molar-refractivity contribution in [2.45, 2.75) is 32.7 Å². The third-order valence-electron chi connectivity index (χ3n) is 8.86. The zero-order valence-corrected chi connectivity index (χ0v) is 31.2. The molecule has 13 nitrogen and oxygen atoms in total. The lowest BCUT2D eigenvalue weighted by molar-refractivity contribution is -0.147. The van der Waals surface area contributed by atoms with E-state index in [9.17, 15) is 24.0 Å². The van der Waals surface area contributed by atoms with Gasteiger partial charge in [0.15, 0.2) is 0 Å². The fourth-order valence-corrected chi connectivity index (χ4v) is 5.95. The van der Waals surface area contributed by atoms with Gasteiger partial charge in [-0.2, -0.15) is 0 Å². The van der Waals surface area contributed by atoms with E-state index in [0.717, 1.165) is 22.3 Å². The van der Waals surface area contributed by atoms with Crippen molar-refractivity contribution in [2.24, 2.45) is 5.73 Å². The molecule has 0 atom stereocenters. The number of nitrogens with zero attached hydrogens (tertiary/aromatic N) is 6. The number of aromatic nitrogens is 2. The minimum atomic E-state index is -0.693. The van der Waals surface area contributed by atoms with Crippen LogP contribution < -0.4 is 11.1 Å². The quantitative estimate of drug-likeness (QED) is 0.123. The second-order valence-electron chi connectivity index (χ2n) is 13.2. The van der Waals surface area contributed by atoms with E-state index >= 15 is 0 Å². The van der Waals surface area contributed by atoms with Gasteiger partial charge in [-0.1, -0.05) is 91.0 Å². The number of nitrogens with one attached hydrogen (secondary N) is 1. The lowest BCUT2D eigenvalue weighted by atomic mass is 10.2. The molecule has 0 aliphatic rings. The largest absolute Gasteiger partial charge is 0.368 e. The van der Waals surface area contributed by atoms with E-state index in [0.29, 0.717) is 12.1 Å². The summed E-state index contributed by atoms with van der Waals surface area (Å²) in [7, 11) is 0. The molecule has 0 aliphatic carbocycles. The highest BCUT2D eigenvalue weighted by atomic mass is 16.2. The second kappa shape index (κ2) is 21.2. The first-order chi connectivity index (χ1) is 27.2. The Bertz CT molecular complexity index is 2010. The highest BCUT2D eigenvalue weighted by Crippen LogP contribution is 2.13. The molecule has 0 spiro atoms. The summed E-state index contributed by atoms with van der Waals surface area (Å²) in [5.41, 5.74) is 9.61. The predicted octanol–water partition coefficient (Wildman–Crippen LogP) is 3.17. The Kier molecular flexibility index (Phi) is 15.3. The third kappa shape index (κ3) is 13.3. The van der Waals surface area contributed by atoms with E-state index < -0.39 is 23.6 Å². The Labute approximate surface area is 326 Å². The van der Waals surface area contributed by atoms with Gasteiger partial charge in [0.25, 0.3) is 0 Å². The molecule has 2 aromatic heterocycles. The van der Waals surface area contributed by atoms with E-state index in [1.165, 1.54) is 19.6 Å². The average Bonchev–Trinajstić information content (AvgIpc) is 3.21. The molecule has 0 bridgehead atoms. The summed E-state index contributed by atoms with van der Waals surface area (Å²) in [6.07, 6.45) is 6.42. The van der Waals surface area contributed by atoms with E-state index in [1.807, 2.05) is 91.0 Å². The van der Waals surface area contributed by atoms with Crippen molar-refractivity contribution in [3.63, 3.8) is 0 Å². The second-order valence-corrected chi connectivity index (χ2v) is 13.2. The zero-order valence-electron chi connectivity index (χ0n) is 31.2. The van der Waals surface area contributed by atoms with Crippen LogP contribution in [0.25, 0.3) is 0 Å². The highest BCUT2D eigenvalue weighted by Gasteiger charge is 2.28. The SMILES string of the molecule is NC(=O)CN(Cc1ccccc1)C(=O)CN(Cc1ccncc1)C(=O)CN(Cc1ccccc1)C(=O)CN(Cc1ccncc1)C(=O)CNCc1ccccc1. The summed E-state index contributed by atoms with van der Waals surface area (Å²) < 4.78 is 0. The molecule has 5 rings (SSSR count). The number of nitrogens with two attached hydrogens (primary N) is 1. The fourth-order valence-electron chi connectivity index (χ4n) is 5.95. The standard InChI is InChI=1S/C43H46N8O5/c44-39(52)30-48(26-35-12-6-2-7-13-35)41(54)32-51(29-38-18-22-46-23-19-38)43(56)33-50(27-36-14-8-3-9-15-36)42(55)31-49(28-37-16-20-45-21-17-37)40(53)25-47-24-34-10-4-1-5-11-34/h1-23,47H,24-33H2,(H2,44,52). The number of hydrogen-bond donors (Lipinski definition) is 2. The van der Waals surface area contributed by atoms with Gasteiger partial charge in [-0.25, -0.2) is 0 Å². The van der Waals surface area contributed by atoms with Crippen LogP contribution in [0.2, 0.25) is 0 Å². The Morgan fingerprint density at radius 3 is 1.12 bits per heavy atom. The molecule has 0 radical (unpaired) electrons. The van der Waals surface area contributed by atoms with Crippen molar-refractivity contribution in [3.05, 3.63) is 168 Å². The molecule has 0 saturated carbocycles. The number of amides is 5. The smallest absolute Gasteiger partial charge is 0.242 e. The van der Waals surface area contributed by atoms with Crippen molar-refractivity contribution in [2.75, 3.05) is 32.7 Å². The molecule has 5 aromatic rings. The molecule has 56 heavy (non-hydrogen) atoms. The molecule has 2 heterocycles. The number of rotatable bonds is 20. The summed E-state index contributed by atoms with van der Waals surface area (Å²) >= 11 is 0. The average molecular weight is 755 g/mol. The summed E-state index contributed by atoms with van der Waals surface area (Å²) in [4.78, 5) is 81.9. The van der Waals surface area contributed by atoms with Gasteiger partial charge in [0.2, 0.25) is 29.5 Å². The topological polar surface area (TPSA) is 162 Å². The van der Waals surface area contributed by atoms with E-state index in [4.69, 9.17) is 5.73 Å². The Morgan fingerprint density at radius 2 is 0.750 bits per heavy atom. The van der Waals surface area contributed by atoms with Gasteiger partial charge in [0, 0.05) is 57.5 Å². The van der Waals surface area contributed by atoms with Crippen molar-refractivity contribution in [1.29, 1.82) is 0 Å². The molecule has 13 heteroatoms. The van der Waals surface area contributed by atoms with Crippen LogP contribution in [0.4, 0.5) is 0 Å². The molecule has 0 fully saturated rings. The van der Waals surface area contributed by atoms with Crippen LogP contribution in [0, 0.1) is 0 Å². The van der Waals surface area contributed by atoms with Crippen LogP contribution in [0.5, 0.6) is 0 Å². The minimum Gasteiger partial charge on any atom is -0.368 e. The molecule has 5 amide bonds. The van der Waals surface area contributed by atoms with Crippen LogP contribution in [0.3, 0.4) is 0 Å². The summed E-state index contributed by atoms with van der Waals surface area (Å²) in [6, 6.07) is 35.1. The summed E-state index contributed by atoms with van der Waals surface area (Å²) in [5, 5.41) is 3.18. The first kappa shape index (κ1) is 40.5. The van der Waals surface area contributed by atoms with Crippen LogP contribution in [-0.2, 0) is 56.7 Å². The molecule has 0 saturated heterocycles. The number of carbonyl (C=O) groups excluding carboxylic acids is 5. The summed E-state index contributed by atoms with van der Waals surface area (Å²) in [6.45, 7) is -0.592. The lowest BCUT2D eigenvalue weighted by Crippen LogP contribution is -2.50. The van der Waals surface area contributed by atoms with E-state index in [-0.39, 0.29) is 64.8 Å². The number of pyridine rings is 2. The normalized spacial score (nSPS) is 10.6. The van der Waals surface area contributed by atoms with Crippen molar-refractivity contribution in [1.82, 2.24) is 34.9 Å². The van der Waals surface area contributed by atoms with Crippen LogP contribution in [0.1, 0.15) is 27.8 Å². The lowest BCUT2D eigenvalue weighted by Gasteiger charge is -2.31. The fraction of sp³-hybridized carbons (Fsp3) is 0.233. The Morgan fingerprint density at radius 1 is 0.429 bits per heavy atom. The van der Waals surface area contributed by atoms with Gasteiger partial charge in [-0.05, 0) is 52.1 Å². The van der Waals surface area contributed by atoms with Gasteiger partial charge in [0.05, 0.1) is 13.1 Å². The monoisotopic (exact) mass is 754 g/mol. The van der Waals surface area contributed by atoms with Gasteiger partial charge in [-0.15, -0.1) is 0 Å². The molecular weight excluding hydrogens is 709 g/mol. The molecule has 3 N–H and O–H groups in total. The van der Waals surface area contributed by atoms with Gasteiger partial charge in [-0.3, -0.25) is 33.9 Å². The van der Waals surface area contributed by atoms with Crippen molar-refractivity contribution >= 4 is 29.5 Å². The molecular formula is C43H46N8O5. The number of benzene rings is 3. The van der Waals surface area contributed by atoms with E-state index in [2.05, 4.69) is 15.3 Å². The molecule has 0 aliphatic heterocycles. The maximum atomic E-state index is 14.3.